The third kappa shape index (κ3) is 5.10. The molecule has 0 spiro atoms. The number of aromatic nitrogens is 4. The molecule has 6 nitrogen and oxygen atoms in total. The van der Waals surface area contributed by atoms with Gasteiger partial charge in [-0.2, -0.15) is 0 Å². The highest BCUT2D eigenvalue weighted by Crippen LogP contribution is 2.28. The van der Waals surface area contributed by atoms with Gasteiger partial charge in [0.05, 0.1) is 12.8 Å². The number of furan rings is 1. The second-order valence-corrected chi connectivity index (χ2v) is 8.10. The number of aromatic amines is 1. The van der Waals surface area contributed by atoms with E-state index in [-0.39, 0.29) is 12.4 Å². The maximum absolute atomic E-state index is 6.19. The highest BCUT2D eigenvalue weighted by molar-refractivity contribution is 9.10. The first-order valence-electron chi connectivity index (χ1n) is 8.86. The summed E-state index contributed by atoms with van der Waals surface area (Å²) in [7, 11) is 0. The first kappa shape index (κ1) is 21.6. The standard InChI is InChI=1S/C20H18BrClN4O2.ClH/c1-11(2)10-27-15-5-3-13(22)7-12(15)8-14-4-6-16(28-14)18-25-19-20(26-18)24-17(21)9-23-19;/h3-7,9,11H,8,10H2,1-2H3,(H,23,24,25,26);1H. The number of fused-ring (bicyclic) bond motifs is 1. The van der Waals surface area contributed by atoms with E-state index in [0.29, 0.717) is 51.5 Å². The van der Waals surface area contributed by atoms with E-state index in [9.17, 15) is 0 Å². The van der Waals surface area contributed by atoms with E-state index in [0.717, 1.165) is 17.1 Å². The van der Waals surface area contributed by atoms with Gasteiger partial charge in [-0.3, -0.25) is 0 Å². The Hall–Kier alpha value is -2.09. The van der Waals surface area contributed by atoms with E-state index < -0.39 is 0 Å². The Kier molecular flexibility index (Phi) is 6.82. The third-order valence-electron chi connectivity index (χ3n) is 4.03. The van der Waals surface area contributed by atoms with Gasteiger partial charge in [0, 0.05) is 17.0 Å². The summed E-state index contributed by atoms with van der Waals surface area (Å²) in [5.41, 5.74) is 2.11. The average molecular weight is 498 g/mol. The molecule has 0 fully saturated rings. The molecule has 0 saturated carbocycles. The van der Waals surface area contributed by atoms with Crippen molar-refractivity contribution >= 4 is 51.2 Å². The molecule has 1 aromatic carbocycles. The zero-order chi connectivity index (χ0) is 19.7. The zero-order valence-corrected chi connectivity index (χ0v) is 18.9. The SMILES string of the molecule is CC(C)COc1ccc(Cl)cc1Cc1ccc(-c2nc3nc(Br)cnc3[nH]2)o1.Cl. The lowest BCUT2D eigenvalue weighted by Crippen LogP contribution is -2.06. The number of rotatable bonds is 6. The van der Waals surface area contributed by atoms with Crippen LogP contribution in [-0.2, 0) is 6.42 Å². The molecule has 0 aliphatic heterocycles. The van der Waals surface area contributed by atoms with Crippen LogP contribution in [0.15, 0.2) is 45.5 Å². The van der Waals surface area contributed by atoms with Gasteiger partial charge >= 0.3 is 0 Å². The second kappa shape index (κ2) is 9.15. The van der Waals surface area contributed by atoms with Crippen molar-refractivity contribution in [3.05, 3.63) is 57.5 Å². The van der Waals surface area contributed by atoms with Gasteiger partial charge in [0.15, 0.2) is 22.9 Å². The molecule has 0 unspecified atom stereocenters. The molecule has 4 rings (SSSR count). The highest BCUT2D eigenvalue weighted by Gasteiger charge is 2.14. The Morgan fingerprint density at radius 3 is 2.83 bits per heavy atom. The van der Waals surface area contributed by atoms with Crippen molar-refractivity contribution in [3.63, 3.8) is 0 Å². The van der Waals surface area contributed by atoms with E-state index >= 15 is 0 Å². The van der Waals surface area contributed by atoms with E-state index in [1.165, 1.54) is 0 Å². The Morgan fingerprint density at radius 1 is 1.21 bits per heavy atom. The molecular weight excluding hydrogens is 479 g/mol. The Balaban J connectivity index is 0.00000240. The molecular formula is C20H19BrCl2N4O2. The smallest absolute Gasteiger partial charge is 0.199 e. The number of hydrogen-bond donors (Lipinski definition) is 1. The predicted molar refractivity (Wildman–Crippen MR) is 119 cm³/mol. The minimum absolute atomic E-state index is 0. The number of nitrogens with zero attached hydrogens (tertiary/aromatic N) is 3. The molecule has 152 valence electrons. The largest absolute Gasteiger partial charge is 0.493 e. The molecule has 9 heteroatoms. The van der Waals surface area contributed by atoms with Crippen LogP contribution in [0.4, 0.5) is 0 Å². The van der Waals surface area contributed by atoms with Crippen LogP contribution in [0.3, 0.4) is 0 Å². The summed E-state index contributed by atoms with van der Waals surface area (Å²) < 4.78 is 12.6. The van der Waals surface area contributed by atoms with E-state index in [1.54, 1.807) is 6.20 Å². The molecule has 0 saturated heterocycles. The van der Waals surface area contributed by atoms with Crippen molar-refractivity contribution in [2.45, 2.75) is 20.3 Å². The minimum atomic E-state index is 0. The summed E-state index contributed by atoms with van der Waals surface area (Å²) in [6.45, 7) is 4.88. The van der Waals surface area contributed by atoms with E-state index in [4.69, 9.17) is 20.8 Å². The fourth-order valence-corrected chi connectivity index (χ4v) is 3.22. The molecule has 29 heavy (non-hydrogen) atoms. The maximum Gasteiger partial charge on any atom is 0.199 e. The van der Waals surface area contributed by atoms with Crippen LogP contribution in [0.2, 0.25) is 5.02 Å². The molecule has 3 aromatic heterocycles. The van der Waals surface area contributed by atoms with Gasteiger partial charge < -0.3 is 14.1 Å². The number of benzene rings is 1. The fraction of sp³-hybridized carbons (Fsp3) is 0.250. The third-order valence-corrected chi connectivity index (χ3v) is 4.65. The van der Waals surface area contributed by atoms with E-state index in [1.807, 2.05) is 30.3 Å². The molecule has 4 aromatic rings. The number of ether oxygens (including phenoxy) is 1. The quantitative estimate of drug-likeness (QED) is 0.349. The van der Waals surface area contributed by atoms with Crippen molar-refractivity contribution < 1.29 is 9.15 Å². The van der Waals surface area contributed by atoms with Crippen LogP contribution >= 0.6 is 39.9 Å². The number of nitrogens with one attached hydrogen (secondary N) is 1. The van der Waals surface area contributed by atoms with Crippen molar-refractivity contribution in [1.29, 1.82) is 0 Å². The maximum atomic E-state index is 6.19. The van der Waals surface area contributed by atoms with Gasteiger partial charge in [-0.25, -0.2) is 15.0 Å². The lowest BCUT2D eigenvalue weighted by atomic mass is 10.1. The van der Waals surface area contributed by atoms with Crippen molar-refractivity contribution in [2.24, 2.45) is 5.92 Å². The summed E-state index contributed by atoms with van der Waals surface area (Å²) in [5, 5.41) is 0.665. The minimum Gasteiger partial charge on any atom is -0.493 e. The molecule has 0 bridgehead atoms. The molecule has 0 atom stereocenters. The molecule has 1 N–H and O–H groups in total. The van der Waals surface area contributed by atoms with Crippen LogP contribution in [0.1, 0.15) is 25.2 Å². The molecule has 0 aliphatic carbocycles. The normalized spacial score (nSPS) is 11.1. The van der Waals surface area contributed by atoms with Crippen LogP contribution in [0.5, 0.6) is 5.75 Å². The van der Waals surface area contributed by atoms with Crippen LogP contribution in [0, 0.1) is 5.92 Å². The summed E-state index contributed by atoms with van der Waals surface area (Å²) in [6.07, 6.45) is 2.19. The Bertz CT molecular complexity index is 1130. The van der Waals surface area contributed by atoms with Crippen LogP contribution < -0.4 is 4.74 Å². The van der Waals surface area contributed by atoms with Gasteiger partial charge in [-0.05, 0) is 52.2 Å². The number of H-pyrrole nitrogens is 1. The fourth-order valence-electron chi connectivity index (χ4n) is 2.76. The second-order valence-electron chi connectivity index (χ2n) is 6.85. The van der Waals surface area contributed by atoms with Gasteiger partial charge in [0.25, 0.3) is 0 Å². The predicted octanol–water partition coefficient (Wildman–Crippen LogP) is 6.08. The number of hydrogen-bond acceptors (Lipinski definition) is 5. The summed E-state index contributed by atoms with van der Waals surface area (Å²) in [4.78, 5) is 16.1. The first-order chi connectivity index (χ1) is 13.5. The molecule has 3 heterocycles. The topological polar surface area (TPSA) is 76.8 Å². The Morgan fingerprint density at radius 2 is 2.03 bits per heavy atom. The summed E-state index contributed by atoms with van der Waals surface area (Å²) in [5.74, 6) is 3.25. The first-order valence-corrected chi connectivity index (χ1v) is 10.0. The summed E-state index contributed by atoms with van der Waals surface area (Å²) in [6, 6.07) is 9.44. The molecule has 0 aliphatic rings. The van der Waals surface area contributed by atoms with Gasteiger partial charge in [-0.1, -0.05) is 25.4 Å². The Labute approximate surface area is 187 Å². The van der Waals surface area contributed by atoms with Crippen molar-refractivity contribution in [1.82, 2.24) is 19.9 Å². The lowest BCUT2D eigenvalue weighted by molar-refractivity contribution is 0.268. The monoisotopic (exact) mass is 496 g/mol. The van der Waals surface area contributed by atoms with Crippen molar-refractivity contribution in [2.75, 3.05) is 6.61 Å². The zero-order valence-electron chi connectivity index (χ0n) is 15.8. The molecule has 0 amide bonds. The van der Waals surface area contributed by atoms with Crippen molar-refractivity contribution in [3.8, 4) is 17.3 Å². The lowest BCUT2D eigenvalue weighted by Gasteiger charge is -2.13. The van der Waals surface area contributed by atoms with Crippen LogP contribution in [0.25, 0.3) is 22.9 Å². The van der Waals surface area contributed by atoms with Crippen LogP contribution in [-0.4, -0.2) is 26.5 Å². The highest BCUT2D eigenvalue weighted by atomic mass is 79.9. The van der Waals surface area contributed by atoms with Gasteiger partial charge in [-0.15, -0.1) is 12.4 Å². The number of halogens is 3. The number of imidazole rings is 1. The average Bonchev–Trinajstić information content (AvgIpc) is 3.27. The summed E-state index contributed by atoms with van der Waals surface area (Å²) >= 11 is 9.49. The van der Waals surface area contributed by atoms with E-state index in [2.05, 4.69) is 49.7 Å². The van der Waals surface area contributed by atoms with Gasteiger partial charge in [0.1, 0.15) is 16.1 Å². The van der Waals surface area contributed by atoms with Gasteiger partial charge in [0.2, 0.25) is 0 Å². The molecule has 0 radical (unpaired) electrons.